The molecule has 0 aromatic heterocycles. The standard InChI is InChI=1S/C30H48O4.C18H14Cl2O7/c1-25(2)14-15-30(24(33)34)19(16-25)18-8-9-21-27(5)12-11-22(31)26(3,4)20(27)10-13-28(21,6)29(18,7)17-23(30)32;1-5-9-16(11(20)13(22)10(5)19)26-14-6(2)8(17(23)25-4)12(21)7(3)15(14)27-18(9)24/h8,19-23,31-32H,9-17H2,1-7H3,(H,33,34);21-22H,1-4H3. The molecule has 11 nitrogen and oxygen atoms in total. The van der Waals surface area contributed by atoms with Crippen molar-refractivity contribution in [1.29, 1.82) is 0 Å². The monoisotopic (exact) mass is 884 g/mol. The first-order valence-electron chi connectivity index (χ1n) is 21.5. The van der Waals surface area contributed by atoms with E-state index in [4.69, 9.17) is 37.4 Å². The Balaban J connectivity index is 0.000000189. The quantitative estimate of drug-likeness (QED) is 0.110. The van der Waals surface area contributed by atoms with Crippen molar-refractivity contribution >= 4 is 41.1 Å². The number of rotatable bonds is 2. The van der Waals surface area contributed by atoms with Gasteiger partial charge in [-0.25, -0.2) is 9.59 Å². The normalized spacial score (nSPS) is 35.3. The number of carboxylic acids is 1. The van der Waals surface area contributed by atoms with Gasteiger partial charge in [-0.05, 0) is 129 Å². The van der Waals surface area contributed by atoms with Gasteiger partial charge in [-0.3, -0.25) is 4.79 Å². The Labute approximate surface area is 368 Å². The number of halogens is 2. The second kappa shape index (κ2) is 14.8. The highest BCUT2D eigenvalue weighted by atomic mass is 35.5. The van der Waals surface area contributed by atoms with E-state index >= 15 is 0 Å². The molecule has 0 bridgehead atoms. The number of hydrogen-bond acceptors (Lipinski definition) is 10. The third-order valence-corrected chi connectivity index (χ3v) is 18.3. The molecule has 2 aromatic carbocycles. The molecule has 0 saturated heterocycles. The highest BCUT2D eigenvalue weighted by molar-refractivity contribution is 6.39. The lowest BCUT2D eigenvalue weighted by Crippen LogP contribution is -2.67. The van der Waals surface area contributed by atoms with Gasteiger partial charge >= 0.3 is 17.9 Å². The molecule has 0 radical (unpaired) electrons. The van der Waals surface area contributed by atoms with E-state index in [2.05, 4.69) is 54.5 Å². The molecule has 61 heavy (non-hydrogen) atoms. The minimum absolute atomic E-state index is 0.0131. The van der Waals surface area contributed by atoms with Crippen molar-refractivity contribution in [2.75, 3.05) is 7.11 Å². The van der Waals surface area contributed by atoms with Crippen molar-refractivity contribution in [2.45, 2.75) is 139 Å². The average molecular weight is 886 g/mol. The summed E-state index contributed by atoms with van der Waals surface area (Å²) in [5, 5.41) is 53.2. The topological polar surface area (TPSA) is 180 Å². The lowest BCUT2D eigenvalue weighted by molar-refractivity contribution is -0.218. The summed E-state index contributed by atoms with van der Waals surface area (Å²) in [6.45, 7) is 20.8. The van der Waals surface area contributed by atoms with Crippen LogP contribution < -0.4 is 9.47 Å². The second-order valence-electron chi connectivity index (χ2n) is 21.1. The molecule has 8 rings (SSSR count). The Morgan fingerprint density at radius 2 is 1.41 bits per heavy atom. The molecule has 9 unspecified atom stereocenters. The Bertz CT molecular complexity index is 2260. The lowest BCUT2D eigenvalue weighted by Gasteiger charge is -2.71. The first-order valence-corrected chi connectivity index (χ1v) is 22.3. The number of aromatic hydroxyl groups is 2. The molecule has 0 spiro atoms. The van der Waals surface area contributed by atoms with Gasteiger partial charge in [0.1, 0.15) is 27.3 Å². The van der Waals surface area contributed by atoms with Crippen LogP contribution >= 0.6 is 23.2 Å². The average Bonchev–Trinajstić information content (AvgIpc) is 3.34. The van der Waals surface area contributed by atoms with Crippen LogP contribution in [-0.4, -0.2) is 62.8 Å². The van der Waals surface area contributed by atoms with Gasteiger partial charge in [0.2, 0.25) is 0 Å². The van der Waals surface area contributed by atoms with E-state index in [1.165, 1.54) is 33.5 Å². The third kappa shape index (κ3) is 6.28. The number of esters is 2. The number of fused-ring (bicyclic) bond motifs is 9. The molecular weight excluding hydrogens is 823 g/mol. The highest BCUT2D eigenvalue weighted by Crippen LogP contribution is 2.76. The first kappa shape index (κ1) is 45.5. The number of benzene rings is 2. The molecule has 4 fully saturated rings. The zero-order valence-electron chi connectivity index (χ0n) is 37.3. The molecule has 4 saturated carbocycles. The zero-order valence-corrected chi connectivity index (χ0v) is 38.8. The van der Waals surface area contributed by atoms with Gasteiger partial charge in [-0.2, -0.15) is 0 Å². The van der Waals surface area contributed by atoms with E-state index < -0.39 is 40.9 Å². The van der Waals surface area contributed by atoms with Crippen molar-refractivity contribution < 1.29 is 54.1 Å². The summed E-state index contributed by atoms with van der Waals surface area (Å²) in [4.78, 5) is 37.6. The van der Waals surface area contributed by atoms with Gasteiger partial charge in [0.25, 0.3) is 0 Å². The molecular formula is C48H62Cl2O11. The maximum absolute atomic E-state index is 12.8. The highest BCUT2D eigenvalue weighted by Gasteiger charge is 2.71. The van der Waals surface area contributed by atoms with Crippen LogP contribution in [0.3, 0.4) is 0 Å². The van der Waals surface area contributed by atoms with Crippen LogP contribution in [0.15, 0.2) is 11.6 Å². The van der Waals surface area contributed by atoms with Crippen molar-refractivity contribution in [3.63, 3.8) is 0 Å². The maximum Gasteiger partial charge on any atom is 0.347 e. The van der Waals surface area contributed by atoms with Gasteiger partial charge in [0.15, 0.2) is 23.0 Å². The molecule has 9 atom stereocenters. The molecule has 334 valence electrons. The minimum atomic E-state index is -1.04. The molecule has 5 aliphatic carbocycles. The summed E-state index contributed by atoms with van der Waals surface area (Å²) in [5.74, 6) is -2.65. The van der Waals surface area contributed by atoms with Crippen LogP contribution in [0, 0.1) is 71.0 Å². The number of aliphatic hydroxyl groups excluding tert-OH is 2. The van der Waals surface area contributed by atoms with Crippen LogP contribution in [0.2, 0.25) is 10.0 Å². The van der Waals surface area contributed by atoms with Crippen LogP contribution in [0.4, 0.5) is 0 Å². The smallest absolute Gasteiger partial charge is 0.347 e. The van der Waals surface area contributed by atoms with Crippen LogP contribution in [0.25, 0.3) is 0 Å². The maximum atomic E-state index is 12.8. The Hall–Kier alpha value is -3.51. The summed E-state index contributed by atoms with van der Waals surface area (Å²) < 4.78 is 15.9. The molecule has 6 aliphatic rings. The summed E-state index contributed by atoms with van der Waals surface area (Å²) in [5.41, 5.74) is 0.559. The second-order valence-corrected chi connectivity index (χ2v) is 21.8. The van der Waals surface area contributed by atoms with E-state index in [0.29, 0.717) is 24.7 Å². The van der Waals surface area contributed by atoms with Crippen molar-refractivity contribution in [1.82, 2.24) is 0 Å². The third-order valence-electron chi connectivity index (χ3n) is 17.5. The number of hydrogen-bond donors (Lipinski definition) is 5. The minimum Gasteiger partial charge on any atom is -0.507 e. The Morgan fingerprint density at radius 1 is 0.770 bits per heavy atom. The number of aliphatic hydroxyl groups is 2. The first-order chi connectivity index (χ1) is 28.2. The summed E-state index contributed by atoms with van der Waals surface area (Å²) >= 11 is 12.2. The summed E-state index contributed by atoms with van der Waals surface area (Å²) in [6, 6.07) is 0. The number of phenols is 2. The van der Waals surface area contributed by atoms with Gasteiger partial charge in [-0.1, -0.05) is 83.3 Å². The van der Waals surface area contributed by atoms with E-state index in [1.807, 2.05) is 0 Å². The van der Waals surface area contributed by atoms with Crippen LogP contribution in [-0.2, 0) is 9.53 Å². The Kier molecular flexibility index (Phi) is 11.0. The van der Waals surface area contributed by atoms with E-state index in [1.54, 1.807) is 0 Å². The fraction of sp³-hybridized carbons (Fsp3) is 0.646. The predicted molar refractivity (Wildman–Crippen MR) is 231 cm³/mol. The zero-order chi connectivity index (χ0) is 45.3. The van der Waals surface area contributed by atoms with Crippen LogP contribution in [0.1, 0.15) is 144 Å². The number of ether oxygens (including phenoxy) is 3. The molecule has 2 aromatic rings. The Morgan fingerprint density at radius 3 is 2.03 bits per heavy atom. The molecule has 0 amide bonds. The van der Waals surface area contributed by atoms with E-state index in [0.717, 1.165) is 44.9 Å². The van der Waals surface area contributed by atoms with Crippen LogP contribution in [0.5, 0.6) is 28.7 Å². The SMILES string of the molecule is CC1(C)CCC2(C(=O)O)C(O)CC3(C)C(=CCC4C5(C)CCC(O)C(C)(C)C5CCC43C)C2C1.COC(=O)c1c(C)c2c(c(C)c1O)OC(=O)c1c(C)c(Cl)c(O)c(Cl)c1O2. The lowest BCUT2D eigenvalue weighted by atomic mass is 9.33. The fourth-order valence-corrected chi connectivity index (χ4v) is 14.1. The number of carboxylic acid groups (broad SMARTS) is 1. The van der Waals surface area contributed by atoms with Crippen molar-refractivity contribution in [3.05, 3.63) is 49.5 Å². The van der Waals surface area contributed by atoms with Gasteiger partial charge in [0, 0.05) is 11.1 Å². The number of carbonyl (C=O) groups excluding carboxylic acids is 2. The molecule has 5 N–H and O–H groups in total. The summed E-state index contributed by atoms with van der Waals surface area (Å²) in [6.07, 6.45) is 9.35. The fourth-order valence-electron chi connectivity index (χ4n) is 13.6. The molecule has 1 heterocycles. The molecule has 1 aliphatic heterocycles. The van der Waals surface area contributed by atoms with E-state index in [9.17, 15) is 39.9 Å². The van der Waals surface area contributed by atoms with Gasteiger partial charge < -0.3 is 39.7 Å². The van der Waals surface area contributed by atoms with Crippen molar-refractivity contribution in [3.8, 4) is 28.7 Å². The number of aliphatic carboxylic acids is 1. The number of phenolic OH excluding ortho intramolecular Hbond substituents is 2. The van der Waals surface area contributed by atoms with Crippen molar-refractivity contribution in [2.24, 2.45) is 50.2 Å². The number of carbonyl (C=O) groups is 3. The number of allylic oxidation sites excluding steroid dienone is 2. The van der Waals surface area contributed by atoms with Gasteiger partial charge in [0.05, 0.1) is 24.3 Å². The largest absolute Gasteiger partial charge is 0.507 e. The molecule has 13 heteroatoms. The predicted octanol–water partition coefficient (Wildman–Crippen LogP) is 10.6. The summed E-state index contributed by atoms with van der Waals surface area (Å²) in [7, 11) is 1.17. The number of methoxy groups -OCH3 is 1. The van der Waals surface area contributed by atoms with Gasteiger partial charge in [-0.15, -0.1) is 0 Å². The van der Waals surface area contributed by atoms with E-state index in [-0.39, 0.29) is 94.2 Å².